The Kier molecular flexibility index (Phi) is 4.79. The normalized spacial score (nSPS) is 18.5. The number of fused-ring (bicyclic) bond motifs is 1. The highest BCUT2D eigenvalue weighted by Gasteiger charge is 2.35. The average molecular weight is 365 g/mol. The number of pyridine rings is 1. The molecule has 1 atom stereocenters. The van der Waals surface area contributed by atoms with Crippen molar-refractivity contribution in [1.82, 2.24) is 10.3 Å². The maximum atomic E-state index is 12.5. The molecule has 0 spiro atoms. The number of ether oxygens (including phenoxy) is 1. The van der Waals surface area contributed by atoms with Gasteiger partial charge < -0.3 is 15.0 Å². The lowest BCUT2D eigenvalue weighted by Gasteiger charge is -2.18. The molecular weight excluding hydrogens is 342 g/mol. The standard InChI is InChI=1S/C21H23N3O3/c1-27-19-9-14(7-8-22-19)12-23-21(26)17-11-20(25)24(13-17)18-6-5-15-3-2-4-16(15)10-18/h5-10,17H,2-4,11-13H2,1H3,(H,23,26). The van der Waals surface area contributed by atoms with E-state index in [1.807, 2.05) is 12.1 Å². The summed E-state index contributed by atoms with van der Waals surface area (Å²) < 4.78 is 5.10. The van der Waals surface area contributed by atoms with Gasteiger partial charge >= 0.3 is 0 Å². The summed E-state index contributed by atoms with van der Waals surface area (Å²) in [6, 6.07) is 9.86. The van der Waals surface area contributed by atoms with Gasteiger partial charge in [0.05, 0.1) is 13.0 Å². The van der Waals surface area contributed by atoms with Crippen molar-refractivity contribution in [3.05, 3.63) is 53.2 Å². The largest absolute Gasteiger partial charge is 0.481 e. The fraction of sp³-hybridized carbons (Fsp3) is 0.381. The third kappa shape index (κ3) is 3.65. The molecule has 6 heteroatoms. The highest BCUT2D eigenvalue weighted by atomic mass is 16.5. The van der Waals surface area contributed by atoms with Crippen molar-refractivity contribution in [2.75, 3.05) is 18.6 Å². The third-order valence-corrected chi connectivity index (χ3v) is 5.36. The molecule has 0 radical (unpaired) electrons. The molecule has 2 aliphatic rings. The summed E-state index contributed by atoms with van der Waals surface area (Å²) in [5.41, 5.74) is 4.54. The molecule has 4 rings (SSSR count). The number of rotatable bonds is 5. The first-order valence-electron chi connectivity index (χ1n) is 9.33. The molecule has 27 heavy (non-hydrogen) atoms. The summed E-state index contributed by atoms with van der Waals surface area (Å²) in [5.74, 6) is 0.108. The number of carbonyl (C=O) groups is 2. The zero-order valence-electron chi connectivity index (χ0n) is 15.4. The summed E-state index contributed by atoms with van der Waals surface area (Å²) in [6.45, 7) is 0.824. The molecular formula is C21H23N3O3. The van der Waals surface area contributed by atoms with E-state index in [4.69, 9.17) is 4.74 Å². The van der Waals surface area contributed by atoms with E-state index in [0.717, 1.165) is 24.1 Å². The van der Waals surface area contributed by atoms with Crippen LogP contribution in [0.5, 0.6) is 5.88 Å². The van der Waals surface area contributed by atoms with Gasteiger partial charge in [-0.2, -0.15) is 0 Å². The highest BCUT2D eigenvalue weighted by molar-refractivity contribution is 6.00. The molecule has 140 valence electrons. The number of methoxy groups -OCH3 is 1. The molecule has 6 nitrogen and oxygen atoms in total. The number of hydrogen-bond donors (Lipinski definition) is 1. The van der Waals surface area contributed by atoms with Crippen LogP contribution in [-0.4, -0.2) is 30.5 Å². The minimum atomic E-state index is -0.325. The van der Waals surface area contributed by atoms with Crippen molar-refractivity contribution < 1.29 is 14.3 Å². The fourth-order valence-corrected chi connectivity index (χ4v) is 3.86. The molecule has 0 bridgehead atoms. The molecule has 1 fully saturated rings. The second kappa shape index (κ2) is 7.39. The number of nitrogens with zero attached hydrogens (tertiary/aromatic N) is 2. The van der Waals surface area contributed by atoms with Gasteiger partial charge in [0.15, 0.2) is 0 Å². The van der Waals surface area contributed by atoms with Crippen molar-refractivity contribution in [3.63, 3.8) is 0 Å². The molecule has 1 unspecified atom stereocenters. The molecule has 1 aromatic heterocycles. The van der Waals surface area contributed by atoms with Gasteiger partial charge in [-0.05, 0) is 54.2 Å². The van der Waals surface area contributed by atoms with Gasteiger partial charge in [0.25, 0.3) is 0 Å². The van der Waals surface area contributed by atoms with Crippen LogP contribution in [0.3, 0.4) is 0 Å². The Labute approximate surface area is 158 Å². The Morgan fingerprint density at radius 1 is 1.26 bits per heavy atom. The second-order valence-electron chi connectivity index (χ2n) is 7.14. The van der Waals surface area contributed by atoms with Crippen LogP contribution >= 0.6 is 0 Å². The zero-order chi connectivity index (χ0) is 18.8. The predicted octanol–water partition coefficient (Wildman–Crippen LogP) is 2.25. The molecule has 1 N–H and O–H groups in total. The predicted molar refractivity (Wildman–Crippen MR) is 102 cm³/mol. The first kappa shape index (κ1) is 17.5. The zero-order valence-corrected chi connectivity index (χ0v) is 15.4. The van der Waals surface area contributed by atoms with Crippen LogP contribution in [0.2, 0.25) is 0 Å². The SMILES string of the molecule is COc1cc(CNC(=O)C2CC(=O)N(c3ccc4c(c3)CCC4)C2)ccn1. The molecule has 2 amide bonds. The van der Waals surface area contributed by atoms with Gasteiger partial charge in [0, 0.05) is 37.5 Å². The lowest BCUT2D eigenvalue weighted by Crippen LogP contribution is -2.32. The number of carbonyl (C=O) groups excluding carboxylic acids is 2. The fourth-order valence-electron chi connectivity index (χ4n) is 3.86. The average Bonchev–Trinajstić information content (AvgIpc) is 3.32. The Bertz CT molecular complexity index is 881. The van der Waals surface area contributed by atoms with Gasteiger partial charge in [-0.3, -0.25) is 9.59 Å². The van der Waals surface area contributed by atoms with Crippen molar-refractivity contribution in [3.8, 4) is 5.88 Å². The molecule has 0 saturated carbocycles. The van der Waals surface area contributed by atoms with Gasteiger partial charge in [-0.15, -0.1) is 0 Å². The van der Waals surface area contributed by atoms with Crippen LogP contribution in [0, 0.1) is 5.92 Å². The number of nitrogens with one attached hydrogen (secondary N) is 1. The van der Waals surface area contributed by atoms with E-state index in [1.54, 1.807) is 24.3 Å². The van der Waals surface area contributed by atoms with Crippen LogP contribution in [-0.2, 0) is 29.0 Å². The minimum absolute atomic E-state index is 0.0127. The van der Waals surface area contributed by atoms with Gasteiger partial charge in [0.1, 0.15) is 0 Å². The maximum Gasteiger partial charge on any atom is 0.227 e. The van der Waals surface area contributed by atoms with Crippen LogP contribution in [0.4, 0.5) is 5.69 Å². The monoisotopic (exact) mass is 365 g/mol. The van der Waals surface area contributed by atoms with E-state index in [0.29, 0.717) is 19.0 Å². The lowest BCUT2D eigenvalue weighted by molar-refractivity contribution is -0.126. The minimum Gasteiger partial charge on any atom is -0.481 e. The summed E-state index contributed by atoms with van der Waals surface area (Å²) in [4.78, 5) is 30.8. The van der Waals surface area contributed by atoms with E-state index in [1.165, 1.54) is 17.5 Å². The van der Waals surface area contributed by atoms with Crippen molar-refractivity contribution in [1.29, 1.82) is 0 Å². The number of aryl methyl sites for hydroxylation is 2. The lowest BCUT2D eigenvalue weighted by atomic mass is 10.1. The number of benzene rings is 1. The Morgan fingerprint density at radius 2 is 2.11 bits per heavy atom. The maximum absolute atomic E-state index is 12.5. The molecule has 2 heterocycles. The van der Waals surface area contributed by atoms with Crippen LogP contribution in [0.15, 0.2) is 36.5 Å². The first-order valence-corrected chi connectivity index (χ1v) is 9.33. The number of anilines is 1. The van der Waals surface area contributed by atoms with Gasteiger partial charge in [-0.1, -0.05) is 6.07 Å². The summed E-state index contributed by atoms with van der Waals surface area (Å²) in [5, 5.41) is 2.93. The van der Waals surface area contributed by atoms with E-state index in [9.17, 15) is 9.59 Å². The van der Waals surface area contributed by atoms with E-state index >= 15 is 0 Å². The second-order valence-corrected chi connectivity index (χ2v) is 7.14. The van der Waals surface area contributed by atoms with E-state index in [2.05, 4.69) is 22.4 Å². The molecule has 1 saturated heterocycles. The Morgan fingerprint density at radius 3 is 2.96 bits per heavy atom. The summed E-state index contributed by atoms with van der Waals surface area (Å²) in [6.07, 6.45) is 5.27. The molecule has 1 aliphatic heterocycles. The quantitative estimate of drug-likeness (QED) is 0.882. The highest BCUT2D eigenvalue weighted by Crippen LogP contribution is 2.30. The van der Waals surface area contributed by atoms with Gasteiger partial charge in [-0.25, -0.2) is 4.98 Å². The van der Waals surface area contributed by atoms with E-state index < -0.39 is 0 Å². The topological polar surface area (TPSA) is 71.5 Å². The van der Waals surface area contributed by atoms with Crippen molar-refractivity contribution >= 4 is 17.5 Å². The van der Waals surface area contributed by atoms with Crippen LogP contribution < -0.4 is 15.0 Å². The van der Waals surface area contributed by atoms with Crippen LogP contribution in [0.25, 0.3) is 0 Å². The molecule has 1 aromatic carbocycles. The summed E-state index contributed by atoms with van der Waals surface area (Å²) >= 11 is 0. The first-order chi connectivity index (χ1) is 13.1. The van der Waals surface area contributed by atoms with Crippen molar-refractivity contribution in [2.45, 2.75) is 32.2 Å². The number of aromatic nitrogens is 1. The van der Waals surface area contributed by atoms with E-state index in [-0.39, 0.29) is 24.2 Å². The number of amides is 2. The molecule has 2 aromatic rings. The molecule has 1 aliphatic carbocycles. The van der Waals surface area contributed by atoms with Crippen molar-refractivity contribution in [2.24, 2.45) is 5.92 Å². The smallest absolute Gasteiger partial charge is 0.227 e. The number of hydrogen-bond acceptors (Lipinski definition) is 4. The Balaban J connectivity index is 1.39. The third-order valence-electron chi connectivity index (χ3n) is 5.36. The van der Waals surface area contributed by atoms with Crippen LogP contribution in [0.1, 0.15) is 29.5 Å². The van der Waals surface area contributed by atoms with Gasteiger partial charge in [0.2, 0.25) is 17.7 Å². The summed E-state index contributed by atoms with van der Waals surface area (Å²) in [7, 11) is 1.56. The Hall–Kier alpha value is -2.89.